The van der Waals surface area contributed by atoms with E-state index in [-0.39, 0.29) is 18.3 Å². The van der Waals surface area contributed by atoms with Crippen molar-refractivity contribution in [2.24, 2.45) is 0 Å². The van der Waals surface area contributed by atoms with Crippen LogP contribution in [0.25, 0.3) is 0 Å². The van der Waals surface area contributed by atoms with Gasteiger partial charge in [-0.3, -0.25) is 4.79 Å². The first kappa shape index (κ1) is 17.9. The van der Waals surface area contributed by atoms with Crippen LogP contribution in [0.5, 0.6) is 5.75 Å². The molecule has 148 valence electrons. The van der Waals surface area contributed by atoms with Gasteiger partial charge in [-0.05, 0) is 37.1 Å². The van der Waals surface area contributed by atoms with Gasteiger partial charge >= 0.3 is 0 Å². The predicted molar refractivity (Wildman–Crippen MR) is 105 cm³/mol. The van der Waals surface area contributed by atoms with E-state index in [1.165, 1.54) is 42.0 Å². The number of ether oxygens (including phenoxy) is 1. The minimum atomic E-state index is -0.318. The quantitative estimate of drug-likeness (QED) is 0.850. The van der Waals surface area contributed by atoms with E-state index in [1.807, 2.05) is 4.90 Å². The summed E-state index contributed by atoms with van der Waals surface area (Å²) in [5.74, 6) is 0.134. The number of piperazine rings is 1. The van der Waals surface area contributed by atoms with Crippen LogP contribution < -0.4 is 15.0 Å². The van der Waals surface area contributed by atoms with Gasteiger partial charge in [-0.1, -0.05) is 11.3 Å². The number of rotatable bonds is 4. The number of hydrogen-bond donors (Lipinski definition) is 1. The van der Waals surface area contributed by atoms with Gasteiger partial charge in [0, 0.05) is 43.0 Å². The topological polar surface area (TPSA) is 57.7 Å². The molecule has 2 atom stereocenters. The minimum absolute atomic E-state index is 0.0332. The Morgan fingerprint density at radius 2 is 2.00 bits per heavy atom. The number of fused-ring (bicyclic) bond motifs is 3. The molecule has 0 aliphatic carbocycles. The average Bonchev–Trinajstić information content (AvgIpc) is 3.23. The Kier molecular flexibility index (Phi) is 4.68. The second-order valence-electron chi connectivity index (χ2n) is 7.62. The van der Waals surface area contributed by atoms with Crippen molar-refractivity contribution < 1.29 is 13.9 Å². The Labute approximate surface area is 167 Å². The maximum atomic E-state index is 13.0. The van der Waals surface area contributed by atoms with E-state index in [9.17, 15) is 9.18 Å². The number of carbonyl (C=O) groups excluding carboxylic acids is 1. The molecule has 4 heterocycles. The van der Waals surface area contributed by atoms with E-state index < -0.39 is 0 Å². The Bertz CT molecular complexity index is 856. The molecule has 2 unspecified atom stereocenters. The van der Waals surface area contributed by atoms with Crippen LogP contribution in [0.3, 0.4) is 0 Å². The van der Waals surface area contributed by atoms with Gasteiger partial charge in [-0.25, -0.2) is 9.37 Å². The van der Waals surface area contributed by atoms with Crippen LogP contribution in [0.4, 0.5) is 9.52 Å². The lowest BCUT2D eigenvalue weighted by atomic mass is 10.2. The number of halogens is 1. The molecule has 0 radical (unpaired) electrons. The van der Waals surface area contributed by atoms with Crippen LogP contribution in [0.1, 0.15) is 23.4 Å². The lowest BCUT2D eigenvalue weighted by Gasteiger charge is -2.35. The Balaban J connectivity index is 1.23. The third-order valence-electron chi connectivity index (χ3n) is 5.85. The SMILES string of the molecule is O=C(COc1ccc(F)cc1)N1CCc2nc(N3C4CCC3CNC4)sc2C1. The van der Waals surface area contributed by atoms with Crippen LogP contribution in [-0.2, 0) is 17.8 Å². The van der Waals surface area contributed by atoms with E-state index in [4.69, 9.17) is 9.72 Å². The van der Waals surface area contributed by atoms with Gasteiger partial charge in [-0.15, -0.1) is 0 Å². The Hall–Kier alpha value is -2.19. The average molecular weight is 402 g/mol. The standard InChI is InChI=1S/C20H23FN4O2S/c21-13-1-5-16(6-2-13)27-12-19(26)24-8-7-17-18(11-24)28-20(23-17)25-14-3-4-15(25)10-22-9-14/h1-2,5-6,14-15,22H,3-4,7-12H2. The maximum absolute atomic E-state index is 13.0. The smallest absolute Gasteiger partial charge is 0.260 e. The van der Waals surface area contributed by atoms with Crippen LogP contribution in [-0.4, -0.2) is 54.1 Å². The van der Waals surface area contributed by atoms with Crippen LogP contribution >= 0.6 is 11.3 Å². The van der Waals surface area contributed by atoms with E-state index in [1.54, 1.807) is 11.3 Å². The molecule has 3 aliphatic rings. The molecule has 2 fully saturated rings. The van der Waals surface area contributed by atoms with Crippen molar-refractivity contribution in [2.75, 3.05) is 31.1 Å². The number of amides is 1. The second kappa shape index (κ2) is 7.33. The van der Waals surface area contributed by atoms with Crippen molar-refractivity contribution in [3.8, 4) is 5.75 Å². The fraction of sp³-hybridized carbons (Fsp3) is 0.500. The zero-order chi connectivity index (χ0) is 19.1. The van der Waals surface area contributed by atoms with E-state index >= 15 is 0 Å². The fourth-order valence-corrected chi connectivity index (χ4v) is 5.63. The van der Waals surface area contributed by atoms with Crippen molar-refractivity contribution in [3.63, 3.8) is 0 Å². The second-order valence-corrected chi connectivity index (χ2v) is 8.69. The first-order chi connectivity index (χ1) is 13.7. The third-order valence-corrected chi connectivity index (χ3v) is 6.95. The largest absolute Gasteiger partial charge is 0.484 e. The van der Waals surface area contributed by atoms with Crippen LogP contribution in [0, 0.1) is 5.82 Å². The lowest BCUT2D eigenvalue weighted by molar-refractivity contribution is -0.134. The van der Waals surface area contributed by atoms with Gasteiger partial charge in [0.25, 0.3) is 5.91 Å². The first-order valence-corrected chi connectivity index (χ1v) is 10.6. The summed E-state index contributed by atoms with van der Waals surface area (Å²) in [6, 6.07) is 6.83. The van der Waals surface area contributed by atoms with Gasteiger partial charge < -0.3 is 19.9 Å². The minimum Gasteiger partial charge on any atom is -0.484 e. The number of nitrogens with one attached hydrogen (secondary N) is 1. The van der Waals surface area contributed by atoms with Gasteiger partial charge in [-0.2, -0.15) is 0 Å². The molecular formula is C20H23FN4O2S. The maximum Gasteiger partial charge on any atom is 0.260 e. The van der Waals surface area contributed by atoms with Gasteiger partial charge in [0.2, 0.25) is 0 Å². The molecule has 8 heteroatoms. The van der Waals surface area contributed by atoms with Crippen molar-refractivity contribution in [1.82, 2.24) is 15.2 Å². The summed E-state index contributed by atoms with van der Waals surface area (Å²) in [6.45, 7) is 3.29. The summed E-state index contributed by atoms with van der Waals surface area (Å²) in [4.78, 5) is 23.0. The third kappa shape index (κ3) is 3.35. The molecule has 1 amide bonds. The van der Waals surface area contributed by atoms with Crippen LogP contribution in [0.2, 0.25) is 0 Å². The molecule has 0 spiro atoms. The molecule has 28 heavy (non-hydrogen) atoms. The summed E-state index contributed by atoms with van der Waals surface area (Å²) < 4.78 is 18.5. The summed E-state index contributed by atoms with van der Waals surface area (Å²) >= 11 is 1.74. The predicted octanol–water partition coefficient (Wildman–Crippen LogP) is 2.19. The number of nitrogens with zero attached hydrogens (tertiary/aromatic N) is 3. The number of thiazole rings is 1. The summed E-state index contributed by atoms with van der Waals surface area (Å²) in [5, 5.41) is 4.63. The molecule has 1 N–H and O–H groups in total. The Morgan fingerprint density at radius 3 is 2.75 bits per heavy atom. The zero-order valence-electron chi connectivity index (χ0n) is 15.6. The highest BCUT2D eigenvalue weighted by Crippen LogP contribution is 2.37. The molecule has 5 rings (SSSR count). The highest BCUT2D eigenvalue weighted by atomic mass is 32.1. The van der Waals surface area contributed by atoms with E-state index in [0.29, 0.717) is 30.9 Å². The summed E-state index contributed by atoms with van der Waals surface area (Å²) in [5.41, 5.74) is 1.14. The molecule has 0 saturated carbocycles. The normalized spacial score (nSPS) is 23.6. The number of anilines is 1. The van der Waals surface area contributed by atoms with E-state index in [0.717, 1.165) is 30.3 Å². The Morgan fingerprint density at radius 1 is 1.25 bits per heavy atom. The highest BCUT2D eigenvalue weighted by molar-refractivity contribution is 7.15. The van der Waals surface area contributed by atoms with Gasteiger partial charge in [0.05, 0.1) is 12.2 Å². The number of carbonyl (C=O) groups is 1. The molecule has 2 bridgehead atoms. The van der Waals surface area contributed by atoms with E-state index in [2.05, 4.69) is 10.2 Å². The van der Waals surface area contributed by atoms with Crippen molar-refractivity contribution >= 4 is 22.4 Å². The molecule has 6 nitrogen and oxygen atoms in total. The highest BCUT2D eigenvalue weighted by Gasteiger charge is 2.39. The molecule has 3 aliphatic heterocycles. The monoisotopic (exact) mass is 402 g/mol. The number of benzene rings is 1. The van der Waals surface area contributed by atoms with Crippen molar-refractivity contribution in [1.29, 1.82) is 0 Å². The zero-order valence-corrected chi connectivity index (χ0v) is 16.4. The molecule has 1 aromatic carbocycles. The summed E-state index contributed by atoms with van der Waals surface area (Å²) in [7, 11) is 0. The molecule has 2 saturated heterocycles. The lowest BCUT2D eigenvalue weighted by Crippen LogP contribution is -2.51. The number of aromatic nitrogens is 1. The molecule has 1 aromatic heterocycles. The first-order valence-electron chi connectivity index (χ1n) is 9.81. The fourth-order valence-electron chi connectivity index (χ4n) is 4.36. The number of hydrogen-bond acceptors (Lipinski definition) is 6. The van der Waals surface area contributed by atoms with Crippen molar-refractivity contribution in [2.45, 2.75) is 37.9 Å². The van der Waals surface area contributed by atoms with Crippen molar-refractivity contribution in [3.05, 3.63) is 40.7 Å². The van der Waals surface area contributed by atoms with Crippen LogP contribution in [0.15, 0.2) is 24.3 Å². The van der Waals surface area contributed by atoms with Gasteiger partial charge in [0.1, 0.15) is 11.6 Å². The summed E-state index contributed by atoms with van der Waals surface area (Å²) in [6.07, 6.45) is 3.25. The van der Waals surface area contributed by atoms with Gasteiger partial charge in [0.15, 0.2) is 11.7 Å². The molecular weight excluding hydrogens is 379 g/mol. The molecule has 2 aromatic rings.